The molecule has 28 heavy (non-hydrogen) atoms. The van der Waals surface area contributed by atoms with Crippen LogP contribution in [0.2, 0.25) is 0 Å². The van der Waals surface area contributed by atoms with Gasteiger partial charge in [-0.25, -0.2) is 13.8 Å². The summed E-state index contributed by atoms with van der Waals surface area (Å²) in [7, 11) is 0. The van der Waals surface area contributed by atoms with E-state index in [9.17, 15) is 13.6 Å². The van der Waals surface area contributed by atoms with Crippen molar-refractivity contribution in [2.24, 2.45) is 0 Å². The van der Waals surface area contributed by atoms with Crippen LogP contribution in [0.1, 0.15) is 34.8 Å². The van der Waals surface area contributed by atoms with E-state index < -0.39 is 5.92 Å². The largest absolute Gasteiger partial charge is 0.348 e. The van der Waals surface area contributed by atoms with Crippen LogP contribution in [0.3, 0.4) is 0 Å². The summed E-state index contributed by atoms with van der Waals surface area (Å²) >= 11 is 0. The Morgan fingerprint density at radius 1 is 1.18 bits per heavy atom. The number of fused-ring (bicyclic) bond motifs is 1. The maximum absolute atomic E-state index is 13.2. The molecule has 0 spiro atoms. The van der Waals surface area contributed by atoms with Gasteiger partial charge in [0, 0.05) is 25.4 Å². The smallest absolute Gasteiger partial charge is 0.254 e. The molecule has 2 aromatic heterocycles. The van der Waals surface area contributed by atoms with Gasteiger partial charge in [0.2, 0.25) is 0 Å². The zero-order valence-corrected chi connectivity index (χ0v) is 14.7. The predicted octanol–water partition coefficient (Wildman–Crippen LogP) is 3.30. The number of carbonyl (C=O) groups excluding carboxylic acids is 1. The Bertz CT molecular complexity index is 1070. The Hall–Kier alpha value is -3.36. The monoisotopic (exact) mass is 382 g/mol. The number of pyridine rings is 1. The highest BCUT2D eigenvalue weighted by Gasteiger charge is 2.47. The first-order valence-corrected chi connectivity index (χ1v) is 8.92. The number of hydrogen-bond donors (Lipinski definition) is 2. The molecule has 2 aliphatic rings. The van der Waals surface area contributed by atoms with Gasteiger partial charge in [-0.05, 0) is 23.8 Å². The normalized spacial score (nSPS) is 17.7. The number of halogens is 2. The first kappa shape index (κ1) is 16.8. The van der Waals surface area contributed by atoms with E-state index >= 15 is 0 Å². The van der Waals surface area contributed by atoms with Gasteiger partial charge in [0.05, 0.1) is 11.3 Å². The Kier molecular flexibility index (Phi) is 3.65. The first-order chi connectivity index (χ1) is 13.5. The second-order valence-corrected chi connectivity index (χ2v) is 7.04. The summed E-state index contributed by atoms with van der Waals surface area (Å²) in [6, 6.07) is 10.6. The second kappa shape index (κ2) is 6.08. The number of nitrogens with zero attached hydrogens (tertiary/aromatic N) is 4. The molecule has 3 aromatic rings. The van der Waals surface area contributed by atoms with Gasteiger partial charge in [-0.3, -0.25) is 4.79 Å². The molecule has 142 valence electrons. The summed E-state index contributed by atoms with van der Waals surface area (Å²) in [5.41, 5.74) is 2.72. The van der Waals surface area contributed by atoms with Gasteiger partial charge < -0.3 is 15.2 Å². The van der Waals surface area contributed by atoms with Gasteiger partial charge in [-0.1, -0.05) is 18.2 Å². The number of benzene rings is 1. The van der Waals surface area contributed by atoms with Crippen molar-refractivity contribution in [2.75, 3.05) is 5.32 Å². The third kappa shape index (κ3) is 2.79. The van der Waals surface area contributed by atoms with Gasteiger partial charge in [-0.15, -0.1) is 10.2 Å². The molecule has 0 atom stereocenters. The Labute approximate surface area is 158 Å². The lowest BCUT2D eigenvalue weighted by Crippen LogP contribution is -2.37. The summed E-state index contributed by atoms with van der Waals surface area (Å²) in [5, 5.41) is 13.9. The third-order valence-electron chi connectivity index (χ3n) is 5.09. The molecule has 3 heterocycles. The van der Waals surface area contributed by atoms with E-state index in [-0.39, 0.29) is 24.8 Å². The Morgan fingerprint density at radius 3 is 2.82 bits per heavy atom. The molecular formula is C19H16F2N6O. The zero-order valence-electron chi connectivity index (χ0n) is 14.7. The van der Waals surface area contributed by atoms with E-state index in [0.717, 1.165) is 5.56 Å². The van der Waals surface area contributed by atoms with E-state index in [1.54, 1.807) is 22.8 Å². The van der Waals surface area contributed by atoms with Crippen LogP contribution in [0, 0.1) is 0 Å². The lowest BCUT2D eigenvalue weighted by Gasteiger charge is -2.35. The molecule has 0 unspecified atom stereocenters. The fourth-order valence-corrected chi connectivity index (χ4v) is 3.67. The first-order valence-electron chi connectivity index (χ1n) is 8.92. The number of anilines is 2. The molecule has 1 saturated carbocycles. The molecule has 5 rings (SSSR count). The Morgan fingerprint density at radius 2 is 2.00 bits per heavy atom. The molecular weight excluding hydrogens is 366 g/mol. The van der Waals surface area contributed by atoms with E-state index in [1.807, 2.05) is 18.2 Å². The average Bonchev–Trinajstić information content (AvgIpc) is 3.28. The van der Waals surface area contributed by atoms with Crippen molar-refractivity contribution < 1.29 is 13.6 Å². The molecule has 7 nitrogen and oxygen atoms in total. The van der Waals surface area contributed by atoms with Crippen molar-refractivity contribution >= 4 is 17.4 Å². The quantitative estimate of drug-likeness (QED) is 0.723. The number of nitrogens with one attached hydrogen (secondary N) is 2. The third-order valence-corrected chi connectivity index (χ3v) is 5.09. The van der Waals surface area contributed by atoms with Gasteiger partial charge in [0.25, 0.3) is 11.8 Å². The van der Waals surface area contributed by atoms with Gasteiger partial charge in [0.15, 0.2) is 5.82 Å². The predicted molar refractivity (Wildman–Crippen MR) is 97.4 cm³/mol. The molecule has 1 aliphatic carbocycles. The number of amides is 1. The summed E-state index contributed by atoms with van der Waals surface area (Å²) in [4.78, 5) is 16.6. The van der Waals surface area contributed by atoms with Crippen LogP contribution in [-0.2, 0) is 6.54 Å². The highest BCUT2D eigenvalue weighted by atomic mass is 19.3. The maximum Gasteiger partial charge on any atom is 0.254 e. The van der Waals surface area contributed by atoms with Crippen molar-refractivity contribution in [1.29, 1.82) is 0 Å². The molecule has 1 aromatic carbocycles. The minimum Gasteiger partial charge on any atom is -0.348 e. The molecule has 2 N–H and O–H groups in total. The van der Waals surface area contributed by atoms with E-state index in [1.165, 1.54) is 6.33 Å². The molecule has 0 radical (unpaired) electrons. The van der Waals surface area contributed by atoms with Gasteiger partial charge in [-0.2, -0.15) is 0 Å². The standard InChI is InChI=1S/C19H16F2N6O/c20-19(21)7-12(8-19)27-10-23-26-17(27)14-5-2-6-15(25-14)24-13-4-1-3-11-9-22-18(28)16(11)13/h1-6,10,12H,7-9H2,(H,22,28)(H,24,25). The van der Waals surface area contributed by atoms with Crippen LogP contribution in [0.25, 0.3) is 11.5 Å². The molecule has 9 heteroatoms. The lowest BCUT2D eigenvalue weighted by molar-refractivity contribution is -0.103. The van der Waals surface area contributed by atoms with Crippen LogP contribution >= 0.6 is 0 Å². The summed E-state index contributed by atoms with van der Waals surface area (Å²) in [6.45, 7) is 0.506. The summed E-state index contributed by atoms with van der Waals surface area (Å²) in [5.74, 6) is -1.78. The topological polar surface area (TPSA) is 84.7 Å². The van der Waals surface area contributed by atoms with Crippen molar-refractivity contribution in [3.63, 3.8) is 0 Å². The van der Waals surface area contributed by atoms with Crippen molar-refractivity contribution in [1.82, 2.24) is 25.1 Å². The molecule has 0 saturated heterocycles. The number of rotatable bonds is 4. The van der Waals surface area contributed by atoms with E-state index in [0.29, 0.717) is 35.1 Å². The van der Waals surface area contributed by atoms with E-state index in [2.05, 4.69) is 25.8 Å². The van der Waals surface area contributed by atoms with Gasteiger partial charge in [0.1, 0.15) is 17.8 Å². The molecule has 0 bridgehead atoms. The Balaban J connectivity index is 1.44. The summed E-state index contributed by atoms with van der Waals surface area (Å²) in [6.07, 6.45) is 1.02. The summed E-state index contributed by atoms with van der Waals surface area (Å²) < 4.78 is 28.1. The highest BCUT2D eigenvalue weighted by Crippen LogP contribution is 2.46. The molecule has 1 aliphatic heterocycles. The van der Waals surface area contributed by atoms with E-state index in [4.69, 9.17) is 0 Å². The SMILES string of the molecule is O=C1NCc2cccc(Nc3cccc(-c4nncn4C4CC(F)(F)C4)n3)c21. The van der Waals surface area contributed by atoms with Crippen LogP contribution in [0.15, 0.2) is 42.7 Å². The molecule has 1 amide bonds. The number of carbonyl (C=O) groups is 1. The fourth-order valence-electron chi connectivity index (χ4n) is 3.67. The average molecular weight is 382 g/mol. The van der Waals surface area contributed by atoms with Crippen LogP contribution in [0.4, 0.5) is 20.3 Å². The minimum absolute atomic E-state index is 0.125. The van der Waals surface area contributed by atoms with Crippen LogP contribution in [0.5, 0.6) is 0 Å². The highest BCUT2D eigenvalue weighted by molar-refractivity contribution is 6.04. The minimum atomic E-state index is -2.63. The van der Waals surface area contributed by atoms with Crippen molar-refractivity contribution in [3.8, 4) is 11.5 Å². The van der Waals surface area contributed by atoms with Crippen LogP contribution in [-0.4, -0.2) is 31.6 Å². The fraction of sp³-hybridized carbons (Fsp3) is 0.263. The maximum atomic E-state index is 13.2. The van der Waals surface area contributed by atoms with Crippen molar-refractivity contribution in [3.05, 3.63) is 53.9 Å². The second-order valence-electron chi connectivity index (χ2n) is 7.04. The number of aromatic nitrogens is 4. The zero-order chi connectivity index (χ0) is 19.3. The number of hydrogen-bond acceptors (Lipinski definition) is 5. The van der Waals surface area contributed by atoms with Gasteiger partial charge >= 0.3 is 0 Å². The lowest BCUT2D eigenvalue weighted by atomic mass is 9.88. The van der Waals surface area contributed by atoms with Crippen LogP contribution < -0.4 is 10.6 Å². The number of alkyl halides is 2. The molecule has 1 fully saturated rings. The van der Waals surface area contributed by atoms with Crippen molar-refractivity contribution in [2.45, 2.75) is 31.4 Å².